The number of hydrogen-bond acceptors (Lipinski definition) is 2. The zero-order chi connectivity index (χ0) is 13.8. The van der Waals surface area contributed by atoms with E-state index in [0.717, 1.165) is 11.8 Å². The molecule has 3 rings (SSSR count). The van der Waals surface area contributed by atoms with E-state index in [1.165, 1.54) is 61.3 Å². The lowest BCUT2D eigenvalue weighted by Gasteiger charge is -2.29. The fourth-order valence-electron chi connectivity index (χ4n) is 3.63. The molecule has 1 nitrogen and oxygen atoms in total. The molecule has 1 saturated carbocycles. The predicted molar refractivity (Wildman–Crippen MR) is 88.3 cm³/mol. The van der Waals surface area contributed by atoms with Crippen LogP contribution in [0.4, 0.5) is 0 Å². The second-order valence-corrected chi connectivity index (χ2v) is 7.73. The Balaban J connectivity index is 1.47. The molecule has 1 fully saturated rings. The molecule has 0 aromatic heterocycles. The smallest absolute Gasteiger partial charge is 0.0339 e. The molecule has 20 heavy (non-hydrogen) atoms. The van der Waals surface area contributed by atoms with Crippen molar-refractivity contribution in [2.45, 2.75) is 56.4 Å². The van der Waals surface area contributed by atoms with Crippen molar-refractivity contribution in [3.05, 3.63) is 29.8 Å². The van der Waals surface area contributed by atoms with E-state index in [2.05, 4.69) is 36.5 Å². The summed E-state index contributed by atoms with van der Waals surface area (Å²) in [6, 6.07) is 9.52. The van der Waals surface area contributed by atoms with Crippen LogP contribution in [0, 0.1) is 11.8 Å². The third-order valence-corrected chi connectivity index (χ3v) is 6.16. The van der Waals surface area contributed by atoms with Crippen LogP contribution in [0.5, 0.6) is 0 Å². The van der Waals surface area contributed by atoms with Gasteiger partial charge in [-0.1, -0.05) is 50.8 Å². The van der Waals surface area contributed by atoms with E-state index in [1.807, 2.05) is 11.8 Å². The highest BCUT2D eigenvalue weighted by atomic mass is 32.2. The van der Waals surface area contributed by atoms with Gasteiger partial charge in [-0.05, 0) is 48.6 Å². The summed E-state index contributed by atoms with van der Waals surface area (Å²) in [5.41, 5.74) is 1.53. The Labute approximate surface area is 127 Å². The number of hydrogen-bond donors (Lipinski definition) is 1. The zero-order valence-corrected chi connectivity index (χ0v) is 13.4. The van der Waals surface area contributed by atoms with Gasteiger partial charge in [-0.25, -0.2) is 0 Å². The Bertz CT molecular complexity index is 423. The summed E-state index contributed by atoms with van der Waals surface area (Å²) in [5, 5.41) is 3.82. The van der Waals surface area contributed by atoms with E-state index >= 15 is 0 Å². The van der Waals surface area contributed by atoms with Gasteiger partial charge in [0.05, 0.1) is 0 Å². The summed E-state index contributed by atoms with van der Waals surface area (Å²) < 4.78 is 0. The molecule has 1 aromatic rings. The molecule has 110 valence electrons. The van der Waals surface area contributed by atoms with Crippen molar-refractivity contribution >= 4 is 11.8 Å². The minimum Gasteiger partial charge on any atom is -0.310 e. The lowest BCUT2D eigenvalue weighted by atomic mass is 9.81. The maximum atomic E-state index is 3.82. The first-order valence-corrected chi connectivity index (χ1v) is 9.26. The van der Waals surface area contributed by atoms with Crippen LogP contribution in [0.25, 0.3) is 0 Å². The third-order valence-electron chi connectivity index (χ3n) is 5.04. The Hall–Kier alpha value is -0.470. The molecule has 0 bridgehead atoms. The van der Waals surface area contributed by atoms with Crippen molar-refractivity contribution in [1.29, 1.82) is 0 Å². The van der Waals surface area contributed by atoms with E-state index in [0.29, 0.717) is 6.04 Å². The maximum absolute atomic E-state index is 3.82. The van der Waals surface area contributed by atoms with Crippen molar-refractivity contribution in [1.82, 2.24) is 5.32 Å². The van der Waals surface area contributed by atoms with Crippen molar-refractivity contribution in [3.8, 4) is 0 Å². The van der Waals surface area contributed by atoms with Gasteiger partial charge in [-0.3, -0.25) is 0 Å². The van der Waals surface area contributed by atoms with E-state index in [1.54, 1.807) is 0 Å². The molecule has 0 amide bonds. The zero-order valence-electron chi connectivity index (χ0n) is 12.6. The van der Waals surface area contributed by atoms with Crippen LogP contribution in [-0.4, -0.2) is 12.3 Å². The molecule has 0 saturated heterocycles. The molecular formula is C18H27NS. The SMILES string of the molecule is CC1CCC(CCNC2CCSc3ccccc32)CC1. The molecular weight excluding hydrogens is 262 g/mol. The monoisotopic (exact) mass is 289 g/mol. The summed E-state index contributed by atoms with van der Waals surface area (Å²) in [6.07, 6.45) is 8.48. The van der Waals surface area contributed by atoms with Gasteiger partial charge < -0.3 is 5.32 Å². The Morgan fingerprint density at radius 1 is 1.10 bits per heavy atom. The summed E-state index contributed by atoms with van der Waals surface area (Å²) >= 11 is 2.01. The molecule has 1 heterocycles. The van der Waals surface area contributed by atoms with Crippen LogP contribution in [-0.2, 0) is 0 Å². The molecule has 1 aliphatic carbocycles. The second kappa shape index (κ2) is 7.00. The minimum absolute atomic E-state index is 0.593. The van der Waals surface area contributed by atoms with Gasteiger partial charge in [-0.2, -0.15) is 0 Å². The third kappa shape index (κ3) is 3.59. The van der Waals surface area contributed by atoms with E-state index in [4.69, 9.17) is 0 Å². The number of nitrogens with one attached hydrogen (secondary N) is 1. The highest BCUT2D eigenvalue weighted by molar-refractivity contribution is 7.99. The van der Waals surface area contributed by atoms with Crippen LogP contribution < -0.4 is 5.32 Å². The van der Waals surface area contributed by atoms with Crippen LogP contribution >= 0.6 is 11.8 Å². The molecule has 2 heteroatoms. The fourth-order valence-corrected chi connectivity index (χ4v) is 4.76. The van der Waals surface area contributed by atoms with Gasteiger partial charge in [0.2, 0.25) is 0 Å². The average molecular weight is 289 g/mol. The standard InChI is InChI=1S/C18H27NS/c1-14-6-8-15(9-7-14)10-12-19-17-11-13-20-18-5-3-2-4-16(17)18/h2-5,14-15,17,19H,6-13H2,1H3. The van der Waals surface area contributed by atoms with E-state index < -0.39 is 0 Å². The summed E-state index contributed by atoms with van der Waals surface area (Å²) in [6.45, 7) is 3.60. The number of rotatable bonds is 4. The Morgan fingerprint density at radius 3 is 2.75 bits per heavy atom. The van der Waals surface area contributed by atoms with Crippen LogP contribution in [0.2, 0.25) is 0 Å². The number of thioether (sulfide) groups is 1. The summed E-state index contributed by atoms with van der Waals surface area (Å²) in [5.74, 6) is 3.21. The number of benzene rings is 1. The molecule has 2 aliphatic rings. The first-order valence-electron chi connectivity index (χ1n) is 8.28. The predicted octanol–water partition coefficient (Wildman–Crippen LogP) is 5.03. The Morgan fingerprint density at radius 2 is 1.90 bits per heavy atom. The van der Waals surface area contributed by atoms with Crippen molar-refractivity contribution in [2.75, 3.05) is 12.3 Å². The van der Waals surface area contributed by atoms with Gasteiger partial charge in [0, 0.05) is 10.9 Å². The highest BCUT2D eigenvalue weighted by Gasteiger charge is 2.21. The maximum Gasteiger partial charge on any atom is 0.0339 e. The van der Waals surface area contributed by atoms with Crippen molar-refractivity contribution in [3.63, 3.8) is 0 Å². The molecule has 1 N–H and O–H groups in total. The molecule has 1 atom stereocenters. The summed E-state index contributed by atoms with van der Waals surface area (Å²) in [7, 11) is 0. The van der Waals surface area contributed by atoms with Gasteiger partial charge in [0.25, 0.3) is 0 Å². The van der Waals surface area contributed by atoms with Crippen molar-refractivity contribution < 1.29 is 0 Å². The average Bonchev–Trinajstić information content (AvgIpc) is 2.49. The van der Waals surface area contributed by atoms with Crippen LogP contribution in [0.3, 0.4) is 0 Å². The molecule has 0 spiro atoms. The van der Waals surface area contributed by atoms with Gasteiger partial charge >= 0.3 is 0 Å². The molecule has 1 aliphatic heterocycles. The highest BCUT2D eigenvalue weighted by Crippen LogP contribution is 2.36. The minimum atomic E-state index is 0.593. The van der Waals surface area contributed by atoms with Gasteiger partial charge in [0.1, 0.15) is 0 Å². The van der Waals surface area contributed by atoms with Crippen LogP contribution in [0.1, 0.15) is 57.1 Å². The van der Waals surface area contributed by atoms with E-state index in [-0.39, 0.29) is 0 Å². The van der Waals surface area contributed by atoms with Gasteiger partial charge in [-0.15, -0.1) is 11.8 Å². The van der Waals surface area contributed by atoms with Crippen LogP contribution in [0.15, 0.2) is 29.2 Å². The second-order valence-electron chi connectivity index (χ2n) is 6.60. The topological polar surface area (TPSA) is 12.0 Å². The lowest BCUT2D eigenvalue weighted by Crippen LogP contribution is -2.27. The van der Waals surface area contributed by atoms with Crippen molar-refractivity contribution in [2.24, 2.45) is 11.8 Å². The molecule has 1 unspecified atom stereocenters. The first-order chi connectivity index (χ1) is 9.83. The largest absolute Gasteiger partial charge is 0.310 e. The van der Waals surface area contributed by atoms with Gasteiger partial charge in [0.15, 0.2) is 0 Å². The molecule has 1 aromatic carbocycles. The molecule has 0 radical (unpaired) electrons. The first kappa shape index (κ1) is 14.5. The number of fused-ring (bicyclic) bond motifs is 1. The quantitative estimate of drug-likeness (QED) is 0.834. The lowest BCUT2D eigenvalue weighted by molar-refractivity contribution is 0.272. The van der Waals surface area contributed by atoms with E-state index in [9.17, 15) is 0 Å². The normalized spacial score (nSPS) is 29.9. The summed E-state index contributed by atoms with van der Waals surface area (Å²) in [4.78, 5) is 1.49. The fraction of sp³-hybridized carbons (Fsp3) is 0.667. The Kier molecular flexibility index (Phi) is 5.06.